The molecule has 1 fully saturated rings. The summed E-state index contributed by atoms with van der Waals surface area (Å²) in [6.07, 6.45) is 7.37. The third-order valence-electron chi connectivity index (χ3n) is 4.02. The van der Waals surface area contributed by atoms with E-state index >= 15 is 0 Å². The Morgan fingerprint density at radius 1 is 1.30 bits per heavy atom. The molecule has 2 heterocycles. The highest BCUT2D eigenvalue weighted by molar-refractivity contribution is 6.05. The Labute approximate surface area is 118 Å². The number of rotatable bonds is 2. The third-order valence-corrected chi connectivity index (χ3v) is 4.02. The highest BCUT2D eigenvalue weighted by Crippen LogP contribution is 2.24. The molecule has 1 N–H and O–H groups in total. The first kappa shape index (κ1) is 13.2. The van der Waals surface area contributed by atoms with Gasteiger partial charge in [0.1, 0.15) is 17.3 Å². The van der Waals surface area contributed by atoms with Crippen molar-refractivity contribution >= 4 is 17.0 Å². The zero-order chi connectivity index (χ0) is 14.1. The van der Waals surface area contributed by atoms with Crippen LogP contribution in [-0.2, 0) is 0 Å². The van der Waals surface area contributed by atoms with Gasteiger partial charge in [-0.15, -0.1) is 0 Å². The van der Waals surface area contributed by atoms with Crippen LogP contribution in [0.4, 0.5) is 0 Å². The second kappa shape index (κ2) is 5.27. The van der Waals surface area contributed by atoms with Crippen molar-refractivity contribution in [3.63, 3.8) is 0 Å². The van der Waals surface area contributed by atoms with Crippen LogP contribution in [0.3, 0.4) is 0 Å². The van der Waals surface area contributed by atoms with Crippen LogP contribution in [0.15, 0.2) is 16.7 Å². The first-order valence-electron chi connectivity index (χ1n) is 7.31. The summed E-state index contributed by atoms with van der Waals surface area (Å²) in [7, 11) is 0. The van der Waals surface area contributed by atoms with Crippen LogP contribution in [0.2, 0.25) is 0 Å². The molecule has 1 aliphatic rings. The van der Waals surface area contributed by atoms with E-state index in [4.69, 9.17) is 4.42 Å². The van der Waals surface area contributed by atoms with Crippen molar-refractivity contribution in [2.75, 3.05) is 0 Å². The summed E-state index contributed by atoms with van der Waals surface area (Å²) in [6, 6.07) is 2.27. The minimum atomic E-state index is -0.0619. The lowest BCUT2D eigenvalue weighted by Gasteiger charge is -2.22. The molecule has 1 saturated carbocycles. The average Bonchev–Trinajstić information content (AvgIpc) is 2.84. The van der Waals surface area contributed by atoms with E-state index in [0.717, 1.165) is 24.1 Å². The van der Waals surface area contributed by atoms with Gasteiger partial charge in [0.15, 0.2) is 5.58 Å². The fraction of sp³-hybridized carbons (Fsp3) is 0.500. The Morgan fingerprint density at radius 3 is 2.80 bits per heavy atom. The van der Waals surface area contributed by atoms with Gasteiger partial charge in [-0.25, -0.2) is 4.98 Å². The molecule has 0 radical (unpaired) electrons. The average molecular weight is 272 g/mol. The van der Waals surface area contributed by atoms with E-state index in [1.807, 2.05) is 19.9 Å². The second-order valence-electron chi connectivity index (χ2n) is 5.72. The van der Waals surface area contributed by atoms with Crippen LogP contribution in [0.5, 0.6) is 0 Å². The number of aromatic nitrogens is 1. The predicted molar refractivity (Wildman–Crippen MR) is 77.8 cm³/mol. The number of hydrogen-bond donors (Lipinski definition) is 1. The van der Waals surface area contributed by atoms with Gasteiger partial charge >= 0.3 is 0 Å². The number of aryl methyl sites for hydroxylation is 2. The van der Waals surface area contributed by atoms with E-state index < -0.39 is 0 Å². The molecule has 0 spiro atoms. The Morgan fingerprint density at radius 2 is 2.05 bits per heavy atom. The van der Waals surface area contributed by atoms with E-state index in [1.165, 1.54) is 25.5 Å². The molecule has 1 amide bonds. The Kier molecular flexibility index (Phi) is 3.47. The number of hydrogen-bond acceptors (Lipinski definition) is 3. The molecule has 2 aromatic rings. The first-order valence-corrected chi connectivity index (χ1v) is 7.31. The number of carbonyl (C=O) groups excluding carboxylic acids is 1. The van der Waals surface area contributed by atoms with Gasteiger partial charge in [0.05, 0.1) is 0 Å². The summed E-state index contributed by atoms with van der Waals surface area (Å²) in [5.41, 5.74) is 3.87. The van der Waals surface area contributed by atoms with E-state index in [-0.39, 0.29) is 5.91 Å². The molecule has 2 aromatic heterocycles. The zero-order valence-corrected chi connectivity index (χ0v) is 12.0. The van der Waals surface area contributed by atoms with Crippen LogP contribution in [-0.4, -0.2) is 16.9 Å². The number of furan rings is 1. The fourth-order valence-electron chi connectivity index (χ4n) is 3.00. The summed E-state index contributed by atoms with van der Waals surface area (Å²) in [6.45, 7) is 3.91. The molecule has 4 heteroatoms. The van der Waals surface area contributed by atoms with Gasteiger partial charge in [0, 0.05) is 11.7 Å². The number of nitrogens with one attached hydrogen (secondary N) is 1. The first-order chi connectivity index (χ1) is 9.65. The summed E-state index contributed by atoms with van der Waals surface area (Å²) in [4.78, 5) is 16.9. The van der Waals surface area contributed by atoms with E-state index in [9.17, 15) is 4.79 Å². The number of fused-ring (bicyclic) bond motifs is 1. The monoisotopic (exact) mass is 272 g/mol. The van der Waals surface area contributed by atoms with E-state index in [0.29, 0.717) is 22.7 Å². The van der Waals surface area contributed by atoms with Gasteiger partial charge in [-0.1, -0.05) is 19.3 Å². The molecule has 0 aliphatic heterocycles. The van der Waals surface area contributed by atoms with Crippen molar-refractivity contribution in [2.45, 2.75) is 52.0 Å². The molecule has 1 aliphatic carbocycles. The number of nitrogens with zero attached hydrogens (tertiary/aromatic N) is 1. The van der Waals surface area contributed by atoms with Crippen molar-refractivity contribution in [2.24, 2.45) is 0 Å². The van der Waals surface area contributed by atoms with E-state index in [1.54, 1.807) is 0 Å². The fourth-order valence-corrected chi connectivity index (χ4v) is 3.00. The molecule has 20 heavy (non-hydrogen) atoms. The van der Waals surface area contributed by atoms with Gasteiger partial charge in [-0.3, -0.25) is 4.79 Å². The smallest absolute Gasteiger partial charge is 0.256 e. The highest BCUT2D eigenvalue weighted by Gasteiger charge is 2.21. The van der Waals surface area contributed by atoms with E-state index in [2.05, 4.69) is 10.3 Å². The third kappa shape index (κ3) is 2.42. The number of carbonyl (C=O) groups is 1. The predicted octanol–water partition coefficient (Wildman–Crippen LogP) is 3.51. The number of amides is 1. The summed E-state index contributed by atoms with van der Waals surface area (Å²) in [5.74, 6) is -0.0619. The normalized spacial score (nSPS) is 16.5. The zero-order valence-electron chi connectivity index (χ0n) is 12.0. The van der Waals surface area contributed by atoms with Gasteiger partial charge in [0.25, 0.3) is 5.91 Å². The SMILES string of the molecule is Cc1cc(C)c2occ(C(=O)NC3CCCCC3)c2n1. The lowest BCUT2D eigenvalue weighted by atomic mass is 9.95. The molecule has 0 unspecified atom stereocenters. The summed E-state index contributed by atoms with van der Waals surface area (Å²) >= 11 is 0. The lowest BCUT2D eigenvalue weighted by Crippen LogP contribution is -2.36. The maximum Gasteiger partial charge on any atom is 0.256 e. The van der Waals surface area contributed by atoms with Crippen LogP contribution < -0.4 is 5.32 Å². The maximum absolute atomic E-state index is 12.4. The van der Waals surface area contributed by atoms with Crippen LogP contribution in [0, 0.1) is 13.8 Å². The van der Waals surface area contributed by atoms with Crippen molar-refractivity contribution < 1.29 is 9.21 Å². The molecular weight excluding hydrogens is 252 g/mol. The quantitative estimate of drug-likeness (QED) is 0.910. The van der Waals surface area contributed by atoms with Gasteiger partial charge in [-0.05, 0) is 38.3 Å². The maximum atomic E-state index is 12.4. The standard InChI is InChI=1S/C16H20N2O2/c1-10-8-11(2)17-14-13(9-20-15(10)14)16(19)18-12-6-4-3-5-7-12/h8-9,12H,3-7H2,1-2H3,(H,18,19). The van der Waals surface area contributed by atoms with Crippen LogP contribution in [0.25, 0.3) is 11.1 Å². The summed E-state index contributed by atoms with van der Waals surface area (Å²) in [5, 5.41) is 3.11. The molecular formula is C16H20N2O2. The highest BCUT2D eigenvalue weighted by atomic mass is 16.3. The van der Waals surface area contributed by atoms with Gasteiger partial charge < -0.3 is 9.73 Å². The lowest BCUT2D eigenvalue weighted by molar-refractivity contribution is 0.0928. The van der Waals surface area contributed by atoms with Gasteiger partial charge in [-0.2, -0.15) is 0 Å². The van der Waals surface area contributed by atoms with Crippen molar-refractivity contribution in [3.8, 4) is 0 Å². The Hall–Kier alpha value is -1.84. The largest absolute Gasteiger partial charge is 0.461 e. The van der Waals surface area contributed by atoms with Crippen molar-refractivity contribution in [1.29, 1.82) is 0 Å². The topological polar surface area (TPSA) is 55.1 Å². The number of pyridine rings is 1. The Balaban J connectivity index is 1.87. The van der Waals surface area contributed by atoms with Crippen molar-refractivity contribution in [1.82, 2.24) is 10.3 Å². The molecule has 0 atom stereocenters. The molecule has 4 nitrogen and oxygen atoms in total. The molecule has 0 saturated heterocycles. The van der Waals surface area contributed by atoms with Crippen LogP contribution in [0.1, 0.15) is 53.7 Å². The molecule has 0 aromatic carbocycles. The molecule has 0 bridgehead atoms. The summed E-state index contributed by atoms with van der Waals surface area (Å²) < 4.78 is 5.52. The minimum Gasteiger partial charge on any atom is -0.461 e. The molecule has 3 rings (SSSR count). The van der Waals surface area contributed by atoms with Gasteiger partial charge in [0.2, 0.25) is 0 Å². The van der Waals surface area contributed by atoms with Crippen molar-refractivity contribution in [3.05, 3.63) is 29.2 Å². The van der Waals surface area contributed by atoms with Crippen LogP contribution >= 0.6 is 0 Å². The molecule has 106 valence electrons. The second-order valence-corrected chi connectivity index (χ2v) is 5.72. The Bertz CT molecular complexity index is 639. The minimum absolute atomic E-state index is 0.0619.